The SMILES string of the molecule is COCCn1c(-c2c[nH]c(-c3ccc4scnc4c3)n2)nc2cc(C(=O)N(C)C)ccc21. The summed E-state index contributed by atoms with van der Waals surface area (Å²) in [7, 11) is 5.15. The number of imidazole rings is 2. The number of ether oxygens (including phenoxy) is 1. The molecule has 0 fully saturated rings. The second-order valence-corrected chi connectivity index (χ2v) is 8.54. The summed E-state index contributed by atoms with van der Waals surface area (Å²) in [6, 6.07) is 11.7. The number of carbonyl (C=O) groups is 1. The zero-order chi connectivity index (χ0) is 22.2. The van der Waals surface area contributed by atoms with Crippen molar-refractivity contribution in [3.63, 3.8) is 0 Å². The van der Waals surface area contributed by atoms with E-state index in [0.29, 0.717) is 18.7 Å². The highest BCUT2D eigenvalue weighted by Crippen LogP contribution is 2.28. The molecule has 0 saturated carbocycles. The second kappa shape index (κ2) is 8.18. The van der Waals surface area contributed by atoms with Crippen molar-refractivity contribution < 1.29 is 9.53 Å². The smallest absolute Gasteiger partial charge is 0.253 e. The van der Waals surface area contributed by atoms with E-state index >= 15 is 0 Å². The summed E-state index contributed by atoms with van der Waals surface area (Å²) in [6.45, 7) is 1.16. The largest absolute Gasteiger partial charge is 0.383 e. The van der Waals surface area contributed by atoms with E-state index in [1.54, 1.807) is 37.4 Å². The van der Waals surface area contributed by atoms with Crippen LogP contribution in [-0.2, 0) is 11.3 Å². The van der Waals surface area contributed by atoms with Gasteiger partial charge in [-0.2, -0.15) is 0 Å². The third kappa shape index (κ3) is 3.55. The van der Waals surface area contributed by atoms with Gasteiger partial charge in [-0.3, -0.25) is 4.79 Å². The lowest BCUT2D eigenvalue weighted by atomic mass is 10.2. The molecule has 0 unspecified atom stereocenters. The molecule has 2 aromatic carbocycles. The maximum Gasteiger partial charge on any atom is 0.253 e. The van der Waals surface area contributed by atoms with Crippen LogP contribution in [0, 0.1) is 0 Å². The van der Waals surface area contributed by atoms with Gasteiger partial charge in [0.25, 0.3) is 5.91 Å². The number of nitrogens with one attached hydrogen (secondary N) is 1. The number of benzene rings is 2. The molecule has 32 heavy (non-hydrogen) atoms. The average Bonchev–Trinajstić information content (AvgIpc) is 3.54. The first-order chi connectivity index (χ1) is 15.5. The molecule has 3 aromatic heterocycles. The molecule has 0 aliphatic heterocycles. The molecule has 9 heteroatoms. The van der Waals surface area contributed by atoms with Gasteiger partial charge in [-0.05, 0) is 36.4 Å². The zero-order valence-corrected chi connectivity index (χ0v) is 18.8. The van der Waals surface area contributed by atoms with E-state index in [9.17, 15) is 4.79 Å². The minimum atomic E-state index is -0.0561. The molecule has 0 aliphatic rings. The van der Waals surface area contributed by atoms with Crippen molar-refractivity contribution in [1.29, 1.82) is 0 Å². The van der Waals surface area contributed by atoms with Gasteiger partial charge in [0, 0.05) is 45.1 Å². The fraction of sp³-hybridized carbons (Fsp3) is 0.217. The standard InChI is InChI=1S/C23H22N6O2S/c1-28(2)23(30)15-4-6-19-16(11-15)27-22(29(19)8-9-31-3)18-12-24-21(26-18)14-5-7-20-17(10-14)25-13-32-20/h4-7,10-13H,8-9H2,1-3H3,(H,24,26). The van der Waals surface area contributed by atoms with Crippen molar-refractivity contribution in [2.24, 2.45) is 0 Å². The number of fused-ring (bicyclic) bond motifs is 2. The van der Waals surface area contributed by atoms with Crippen molar-refractivity contribution in [3.8, 4) is 22.9 Å². The van der Waals surface area contributed by atoms with Crippen LogP contribution in [0.1, 0.15) is 10.4 Å². The van der Waals surface area contributed by atoms with Gasteiger partial charge in [0.1, 0.15) is 11.5 Å². The fourth-order valence-electron chi connectivity index (χ4n) is 3.71. The van der Waals surface area contributed by atoms with Gasteiger partial charge in [0.2, 0.25) is 0 Å². The number of carbonyl (C=O) groups excluding carboxylic acids is 1. The third-order valence-electron chi connectivity index (χ3n) is 5.33. The number of amides is 1. The molecule has 0 atom stereocenters. The van der Waals surface area contributed by atoms with Crippen LogP contribution >= 0.6 is 11.3 Å². The Hall–Kier alpha value is -3.56. The minimum Gasteiger partial charge on any atom is -0.383 e. The maximum atomic E-state index is 12.4. The van der Waals surface area contributed by atoms with Gasteiger partial charge < -0.3 is 19.2 Å². The lowest BCUT2D eigenvalue weighted by molar-refractivity contribution is 0.0827. The highest BCUT2D eigenvalue weighted by Gasteiger charge is 2.18. The summed E-state index contributed by atoms with van der Waals surface area (Å²) in [4.78, 5) is 31.3. The number of H-pyrrole nitrogens is 1. The molecule has 1 N–H and O–H groups in total. The summed E-state index contributed by atoms with van der Waals surface area (Å²) in [6.07, 6.45) is 1.86. The Kier molecular flexibility index (Phi) is 5.20. The van der Waals surface area contributed by atoms with E-state index in [1.807, 2.05) is 42.0 Å². The Labute approximate surface area is 188 Å². The molecule has 0 spiro atoms. The van der Waals surface area contributed by atoms with Gasteiger partial charge in [-0.25, -0.2) is 15.0 Å². The normalized spacial score (nSPS) is 11.5. The number of rotatable bonds is 6. The molecular formula is C23H22N6O2S. The summed E-state index contributed by atoms with van der Waals surface area (Å²) in [5.41, 5.74) is 6.77. The number of hydrogen-bond acceptors (Lipinski definition) is 6. The van der Waals surface area contributed by atoms with Crippen molar-refractivity contribution in [2.75, 3.05) is 27.8 Å². The first kappa shape index (κ1) is 20.3. The zero-order valence-electron chi connectivity index (χ0n) is 18.0. The minimum absolute atomic E-state index is 0.0561. The molecule has 3 heterocycles. The molecule has 0 saturated heterocycles. The van der Waals surface area contributed by atoms with E-state index in [-0.39, 0.29) is 5.91 Å². The van der Waals surface area contributed by atoms with Crippen molar-refractivity contribution >= 4 is 38.5 Å². The van der Waals surface area contributed by atoms with E-state index in [1.165, 1.54) is 0 Å². The predicted octanol–water partition coefficient (Wildman–Crippen LogP) is 4.05. The molecule has 0 radical (unpaired) electrons. The Morgan fingerprint density at radius 1 is 1.16 bits per heavy atom. The Morgan fingerprint density at radius 3 is 2.84 bits per heavy atom. The summed E-state index contributed by atoms with van der Waals surface area (Å²) < 4.78 is 8.53. The summed E-state index contributed by atoms with van der Waals surface area (Å²) in [5, 5.41) is 0. The van der Waals surface area contributed by atoms with E-state index in [2.05, 4.69) is 20.6 Å². The lowest BCUT2D eigenvalue weighted by Gasteiger charge is -2.10. The molecule has 5 aromatic rings. The number of aromatic nitrogens is 5. The van der Waals surface area contributed by atoms with Crippen LogP contribution in [0.2, 0.25) is 0 Å². The second-order valence-electron chi connectivity index (χ2n) is 7.65. The van der Waals surface area contributed by atoms with Crippen molar-refractivity contribution in [1.82, 2.24) is 29.4 Å². The van der Waals surface area contributed by atoms with Crippen molar-refractivity contribution in [3.05, 3.63) is 53.7 Å². The van der Waals surface area contributed by atoms with E-state index in [4.69, 9.17) is 14.7 Å². The van der Waals surface area contributed by atoms with Crippen molar-refractivity contribution in [2.45, 2.75) is 6.54 Å². The van der Waals surface area contributed by atoms with E-state index in [0.717, 1.165) is 44.2 Å². The topological polar surface area (TPSA) is 88.9 Å². The molecule has 0 aliphatic carbocycles. The van der Waals surface area contributed by atoms with Crippen LogP contribution in [0.15, 0.2) is 48.1 Å². The molecule has 5 rings (SSSR count). The summed E-state index contributed by atoms with van der Waals surface area (Å²) >= 11 is 1.62. The van der Waals surface area contributed by atoms with Crippen LogP contribution in [0.3, 0.4) is 0 Å². The van der Waals surface area contributed by atoms with Gasteiger partial charge in [-0.15, -0.1) is 11.3 Å². The third-order valence-corrected chi connectivity index (χ3v) is 6.14. The molecule has 162 valence electrons. The Balaban J connectivity index is 1.58. The number of thiazole rings is 1. The molecule has 8 nitrogen and oxygen atoms in total. The molecule has 1 amide bonds. The average molecular weight is 447 g/mol. The fourth-order valence-corrected chi connectivity index (χ4v) is 4.37. The first-order valence-corrected chi connectivity index (χ1v) is 11.0. The van der Waals surface area contributed by atoms with Gasteiger partial charge in [0.05, 0.1) is 33.4 Å². The van der Waals surface area contributed by atoms with E-state index < -0.39 is 0 Å². The van der Waals surface area contributed by atoms with Crippen LogP contribution in [0.25, 0.3) is 44.2 Å². The number of hydrogen-bond donors (Lipinski definition) is 1. The Morgan fingerprint density at radius 2 is 2.03 bits per heavy atom. The summed E-state index contributed by atoms with van der Waals surface area (Å²) in [5.74, 6) is 1.42. The highest BCUT2D eigenvalue weighted by atomic mass is 32.1. The van der Waals surface area contributed by atoms with Gasteiger partial charge in [-0.1, -0.05) is 0 Å². The lowest BCUT2D eigenvalue weighted by Crippen LogP contribution is -2.21. The van der Waals surface area contributed by atoms with Gasteiger partial charge in [0.15, 0.2) is 5.82 Å². The molecule has 0 bridgehead atoms. The first-order valence-electron chi connectivity index (χ1n) is 10.2. The monoisotopic (exact) mass is 446 g/mol. The predicted molar refractivity (Wildman–Crippen MR) is 126 cm³/mol. The van der Waals surface area contributed by atoms with Crippen LogP contribution in [0.5, 0.6) is 0 Å². The Bertz CT molecular complexity index is 1430. The number of aromatic amines is 1. The van der Waals surface area contributed by atoms with Gasteiger partial charge >= 0.3 is 0 Å². The maximum absolute atomic E-state index is 12.4. The number of nitrogens with zero attached hydrogens (tertiary/aromatic N) is 5. The number of methoxy groups -OCH3 is 1. The molecular weight excluding hydrogens is 424 g/mol. The highest BCUT2D eigenvalue weighted by molar-refractivity contribution is 7.16. The van der Waals surface area contributed by atoms with Crippen LogP contribution < -0.4 is 0 Å². The van der Waals surface area contributed by atoms with Crippen LogP contribution in [-0.4, -0.2) is 63.1 Å². The van der Waals surface area contributed by atoms with Crippen LogP contribution in [0.4, 0.5) is 0 Å². The quantitative estimate of drug-likeness (QED) is 0.425.